The van der Waals surface area contributed by atoms with Crippen molar-refractivity contribution in [1.82, 2.24) is 15.1 Å². The second-order valence-electron chi connectivity index (χ2n) is 4.43. The SMILES string of the molecule is CCNC(=O)c1cccc(NC(=O)Cn2ccc(N)n2)c1. The zero-order valence-electron chi connectivity index (χ0n) is 11.7. The van der Waals surface area contributed by atoms with Gasteiger partial charge in [-0.2, -0.15) is 5.10 Å². The van der Waals surface area contributed by atoms with E-state index in [1.165, 1.54) is 4.68 Å². The molecular weight excluding hydrogens is 270 g/mol. The van der Waals surface area contributed by atoms with Crippen LogP contribution in [0.5, 0.6) is 0 Å². The molecule has 0 fully saturated rings. The third-order valence-corrected chi connectivity index (χ3v) is 2.71. The fraction of sp³-hybridized carbons (Fsp3) is 0.214. The standard InChI is InChI=1S/C14H17N5O2/c1-2-16-14(21)10-4-3-5-11(8-10)17-13(20)9-19-7-6-12(15)18-19/h3-8H,2,9H2,1H3,(H2,15,18)(H,16,21)(H,17,20). The van der Waals surface area contributed by atoms with E-state index in [0.29, 0.717) is 23.6 Å². The second kappa shape index (κ2) is 6.56. The molecule has 0 spiro atoms. The Bertz CT molecular complexity index is 650. The van der Waals surface area contributed by atoms with Gasteiger partial charge < -0.3 is 16.4 Å². The summed E-state index contributed by atoms with van der Waals surface area (Å²) in [4.78, 5) is 23.6. The number of hydrogen-bond donors (Lipinski definition) is 3. The molecule has 0 bridgehead atoms. The molecule has 1 heterocycles. The summed E-state index contributed by atoms with van der Waals surface area (Å²) < 4.78 is 1.44. The lowest BCUT2D eigenvalue weighted by Gasteiger charge is -2.07. The third-order valence-electron chi connectivity index (χ3n) is 2.71. The summed E-state index contributed by atoms with van der Waals surface area (Å²) in [5, 5.41) is 9.35. The largest absolute Gasteiger partial charge is 0.382 e. The van der Waals surface area contributed by atoms with E-state index in [0.717, 1.165) is 0 Å². The Kier molecular flexibility index (Phi) is 4.55. The number of carbonyl (C=O) groups excluding carboxylic acids is 2. The fourth-order valence-corrected chi connectivity index (χ4v) is 1.81. The number of nitrogen functional groups attached to an aromatic ring is 1. The maximum atomic E-state index is 11.9. The number of aromatic nitrogens is 2. The van der Waals surface area contributed by atoms with Crippen molar-refractivity contribution in [2.45, 2.75) is 13.5 Å². The summed E-state index contributed by atoms with van der Waals surface area (Å²) in [5.41, 5.74) is 6.54. The lowest BCUT2D eigenvalue weighted by molar-refractivity contribution is -0.116. The Balaban J connectivity index is 2.00. The summed E-state index contributed by atoms with van der Waals surface area (Å²) in [6.07, 6.45) is 1.63. The number of rotatable bonds is 5. The summed E-state index contributed by atoms with van der Waals surface area (Å²) in [6, 6.07) is 8.36. The minimum Gasteiger partial charge on any atom is -0.382 e. The van der Waals surface area contributed by atoms with E-state index < -0.39 is 0 Å². The molecule has 2 aromatic rings. The molecule has 21 heavy (non-hydrogen) atoms. The number of anilines is 2. The summed E-state index contributed by atoms with van der Waals surface area (Å²) in [7, 11) is 0. The van der Waals surface area contributed by atoms with Gasteiger partial charge in [0, 0.05) is 24.0 Å². The Labute approximate surface area is 122 Å². The molecule has 1 aromatic heterocycles. The van der Waals surface area contributed by atoms with Crippen molar-refractivity contribution in [2.75, 3.05) is 17.6 Å². The molecule has 0 aliphatic heterocycles. The van der Waals surface area contributed by atoms with Crippen molar-refractivity contribution in [1.29, 1.82) is 0 Å². The van der Waals surface area contributed by atoms with Gasteiger partial charge in [-0.05, 0) is 31.2 Å². The summed E-state index contributed by atoms with van der Waals surface area (Å²) in [5.74, 6) is -0.0550. The molecule has 0 unspecified atom stereocenters. The van der Waals surface area contributed by atoms with E-state index >= 15 is 0 Å². The van der Waals surface area contributed by atoms with Crippen LogP contribution in [0.3, 0.4) is 0 Å². The average molecular weight is 287 g/mol. The minimum absolute atomic E-state index is 0.0581. The molecule has 0 saturated carbocycles. The topological polar surface area (TPSA) is 102 Å². The van der Waals surface area contributed by atoms with Crippen molar-refractivity contribution in [3.05, 3.63) is 42.1 Å². The van der Waals surface area contributed by atoms with Gasteiger partial charge in [-0.1, -0.05) is 6.07 Å². The van der Waals surface area contributed by atoms with Crippen LogP contribution in [0.2, 0.25) is 0 Å². The van der Waals surface area contributed by atoms with Crippen LogP contribution in [0.25, 0.3) is 0 Å². The van der Waals surface area contributed by atoms with Crippen molar-refractivity contribution in [3.63, 3.8) is 0 Å². The summed E-state index contributed by atoms with van der Waals surface area (Å²) in [6.45, 7) is 2.46. The van der Waals surface area contributed by atoms with E-state index in [4.69, 9.17) is 5.73 Å². The van der Waals surface area contributed by atoms with Crippen LogP contribution in [0, 0.1) is 0 Å². The highest BCUT2D eigenvalue weighted by Gasteiger charge is 2.08. The third kappa shape index (κ3) is 4.07. The highest BCUT2D eigenvalue weighted by molar-refractivity contribution is 5.97. The molecule has 7 nitrogen and oxygen atoms in total. The average Bonchev–Trinajstić information content (AvgIpc) is 2.84. The van der Waals surface area contributed by atoms with E-state index in [-0.39, 0.29) is 18.4 Å². The Morgan fingerprint density at radius 2 is 2.14 bits per heavy atom. The lowest BCUT2D eigenvalue weighted by atomic mass is 10.2. The number of nitrogens with one attached hydrogen (secondary N) is 2. The zero-order valence-corrected chi connectivity index (χ0v) is 11.7. The molecule has 0 saturated heterocycles. The van der Waals surface area contributed by atoms with Crippen LogP contribution in [0.4, 0.5) is 11.5 Å². The van der Waals surface area contributed by atoms with Crippen molar-refractivity contribution in [3.8, 4) is 0 Å². The summed E-state index contributed by atoms with van der Waals surface area (Å²) >= 11 is 0. The van der Waals surface area contributed by atoms with Crippen LogP contribution in [-0.2, 0) is 11.3 Å². The quantitative estimate of drug-likeness (QED) is 0.758. The number of amides is 2. The molecule has 2 rings (SSSR count). The molecule has 0 aliphatic carbocycles. The van der Waals surface area contributed by atoms with Gasteiger partial charge in [-0.25, -0.2) is 0 Å². The van der Waals surface area contributed by atoms with E-state index in [2.05, 4.69) is 15.7 Å². The predicted octanol–water partition coefficient (Wildman–Crippen LogP) is 0.854. The predicted molar refractivity (Wildman–Crippen MR) is 79.7 cm³/mol. The highest BCUT2D eigenvalue weighted by atomic mass is 16.2. The minimum atomic E-state index is -0.244. The Morgan fingerprint density at radius 1 is 1.33 bits per heavy atom. The maximum absolute atomic E-state index is 11.9. The maximum Gasteiger partial charge on any atom is 0.251 e. The van der Waals surface area contributed by atoms with Crippen LogP contribution < -0.4 is 16.4 Å². The number of benzene rings is 1. The number of hydrogen-bond acceptors (Lipinski definition) is 4. The number of nitrogens with zero attached hydrogens (tertiary/aromatic N) is 2. The first kappa shape index (κ1) is 14.6. The zero-order chi connectivity index (χ0) is 15.2. The Hall–Kier alpha value is -2.83. The lowest BCUT2D eigenvalue weighted by Crippen LogP contribution is -2.23. The van der Waals surface area contributed by atoms with E-state index in [1.807, 2.05) is 6.92 Å². The van der Waals surface area contributed by atoms with Crippen LogP contribution >= 0.6 is 0 Å². The molecule has 0 radical (unpaired) electrons. The van der Waals surface area contributed by atoms with Crippen molar-refractivity contribution < 1.29 is 9.59 Å². The Morgan fingerprint density at radius 3 is 2.81 bits per heavy atom. The van der Waals surface area contributed by atoms with E-state index in [1.54, 1.807) is 36.5 Å². The van der Waals surface area contributed by atoms with Gasteiger partial charge in [0.15, 0.2) is 0 Å². The van der Waals surface area contributed by atoms with Gasteiger partial charge >= 0.3 is 0 Å². The molecule has 0 atom stereocenters. The van der Waals surface area contributed by atoms with Gasteiger partial charge in [0.1, 0.15) is 12.4 Å². The first-order valence-electron chi connectivity index (χ1n) is 6.55. The van der Waals surface area contributed by atoms with Gasteiger partial charge in [0.2, 0.25) is 5.91 Å². The van der Waals surface area contributed by atoms with Crippen LogP contribution in [0.1, 0.15) is 17.3 Å². The van der Waals surface area contributed by atoms with Gasteiger partial charge in [-0.3, -0.25) is 14.3 Å². The van der Waals surface area contributed by atoms with Gasteiger partial charge in [-0.15, -0.1) is 0 Å². The smallest absolute Gasteiger partial charge is 0.251 e. The monoisotopic (exact) mass is 287 g/mol. The van der Waals surface area contributed by atoms with Crippen molar-refractivity contribution in [2.24, 2.45) is 0 Å². The van der Waals surface area contributed by atoms with Gasteiger partial charge in [0.25, 0.3) is 5.91 Å². The first-order valence-corrected chi connectivity index (χ1v) is 6.55. The molecule has 1 aromatic carbocycles. The molecule has 0 aliphatic rings. The number of carbonyl (C=O) groups is 2. The first-order chi connectivity index (χ1) is 10.1. The normalized spacial score (nSPS) is 10.1. The molecular formula is C14H17N5O2. The highest BCUT2D eigenvalue weighted by Crippen LogP contribution is 2.11. The number of nitrogens with two attached hydrogens (primary N) is 1. The second-order valence-corrected chi connectivity index (χ2v) is 4.43. The van der Waals surface area contributed by atoms with Crippen LogP contribution in [0.15, 0.2) is 36.5 Å². The van der Waals surface area contributed by atoms with Gasteiger partial charge in [0.05, 0.1) is 0 Å². The molecule has 2 amide bonds. The van der Waals surface area contributed by atoms with Crippen molar-refractivity contribution >= 4 is 23.3 Å². The molecule has 4 N–H and O–H groups in total. The van der Waals surface area contributed by atoms with Crippen LogP contribution in [-0.4, -0.2) is 28.1 Å². The fourth-order valence-electron chi connectivity index (χ4n) is 1.81. The molecule has 110 valence electrons. The van der Waals surface area contributed by atoms with E-state index in [9.17, 15) is 9.59 Å². The molecule has 7 heteroatoms.